The highest BCUT2D eigenvalue weighted by atomic mass is 19.1. The maximum atomic E-state index is 12.9. The zero-order chi connectivity index (χ0) is 20.4. The molecule has 0 saturated carbocycles. The van der Waals surface area contributed by atoms with E-state index < -0.39 is 18.0 Å². The van der Waals surface area contributed by atoms with Crippen LogP contribution in [0.5, 0.6) is 11.5 Å². The summed E-state index contributed by atoms with van der Waals surface area (Å²) in [4.78, 5) is 23.8. The van der Waals surface area contributed by atoms with E-state index in [-0.39, 0.29) is 18.8 Å². The van der Waals surface area contributed by atoms with E-state index in [9.17, 15) is 14.0 Å². The minimum absolute atomic E-state index is 0.145. The van der Waals surface area contributed by atoms with Crippen molar-refractivity contribution in [2.45, 2.75) is 32.4 Å². The quantitative estimate of drug-likeness (QED) is 0.499. The summed E-state index contributed by atoms with van der Waals surface area (Å²) in [5, 5.41) is 2.65. The average molecular weight is 389 g/mol. The Hall–Kier alpha value is -3.09. The Bertz CT molecular complexity index is 761. The van der Waals surface area contributed by atoms with Gasteiger partial charge in [0.1, 0.15) is 17.3 Å². The molecule has 0 saturated heterocycles. The molecule has 1 atom stereocenters. The molecule has 0 aliphatic rings. The SMILES string of the molecule is COc1ccc(OCCCC(=O)O[C@H](C)C(=O)NCc2ccc(F)cc2)cc1. The summed E-state index contributed by atoms with van der Waals surface area (Å²) in [6, 6.07) is 12.9. The van der Waals surface area contributed by atoms with Crippen LogP contribution < -0.4 is 14.8 Å². The number of benzene rings is 2. The molecule has 7 heteroatoms. The van der Waals surface area contributed by atoms with E-state index in [1.165, 1.54) is 19.1 Å². The summed E-state index contributed by atoms with van der Waals surface area (Å²) in [6.07, 6.45) is -0.295. The van der Waals surface area contributed by atoms with Crippen LogP contribution in [0.25, 0.3) is 0 Å². The molecule has 0 aliphatic heterocycles. The highest BCUT2D eigenvalue weighted by molar-refractivity contribution is 5.83. The third kappa shape index (κ3) is 7.26. The molecular weight excluding hydrogens is 365 g/mol. The third-order valence-corrected chi connectivity index (χ3v) is 3.91. The Morgan fingerprint density at radius 2 is 1.68 bits per heavy atom. The summed E-state index contributed by atoms with van der Waals surface area (Å²) in [7, 11) is 1.59. The molecule has 0 aliphatic carbocycles. The molecule has 1 amide bonds. The highest BCUT2D eigenvalue weighted by Crippen LogP contribution is 2.17. The minimum Gasteiger partial charge on any atom is -0.497 e. The second-order valence-electron chi connectivity index (χ2n) is 6.10. The number of hydrogen-bond donors (Lipinski definition) is 1. The minimum atomic E-state index is -0.907. The summed E-state index contributed by atoms with van der Waals surface area (Å²) in [6.45, 7) is 2.09. The van der Waals surface area contributed by atoms with Gasteiger partial charge >= 0.3 is 5.97 Å². The zero-order valence-corrected chi connectivity index (χ0v) is 15.9. The first-order valence-electron chi connectivity index (χ1n) is 8.96. The van der Waals surface area contributed by atoms with Crippen molar-refractivity contribution >= 4 is 11.9 Å². The number of nitrogens with one attached hydrogen (secondary N) is 1. The Morgan fingerprint density at radius 3 is 2.32 bits per heavy atom. The van der Waals surface area contributed by atoms with Gasteiger partial charge in [-0.05, 0) is 55.3 Å². The molecule has 150 valence electrons. The van der Waals surface area contributed by atoms with Gasteiger partial charge in [-0.1, -0.05) is 12.1 Å². The van der Waals surface area contributed by atoms with Crippen LogP contribution in [0.2, 0.25) is 0 Å². The number of ether oxygens (including phenoxy) is 3. The Morgan fingerprint density at radius 1 is 1.04 bits per heavy atom. The maximum absolute atomic E-state index is 12.9. The van der Waals surface area contributed by atoms with Gasteiger partial charge in [0.25, 0.3) is 5.91 Å². The van der Waals surface area contributed by atoms with E-state index in [1.54, 1.807) is 43.5 Å². The lowest BCUT2D eigenvalue weighted by atomic mass is 10.2. The fourth-order valence-corrected chi connectivity index (χ4v) is 2.32. The van der Waals surface area contributed by atoms with Crippen molar-refractivity contribution < 1.29 is 28.2 Å². The maximum Gasteiger partial charge on any atom is 0.306 e. The smallest absolute Gasteiger partial charge is 0.306 e. The Kier molecular flexibility index (Phi) is 8.27. The topological polar surface area (TPSA) is 73.9 Å². The normalized spacial score (nSPS) is 11.4. The third-order valence-electron chi connectivity index (χ3n) is 3.91. The second kappa shape index (κ2) is 10.9. The van der Waals surface area contributed by atoms with Gasteiger partial charge in [-0.2, -0.15) is 0 Å². The Labute approximate surface area is 163 Å². The van der Waals surface area contributed by atoms with Gasteiger partial charge in [0.05, 0.1) is 13.7 Å². The van der Waals surface area contributed by atoms with Crippen molar-refractivity contribution in [3.8, 4) is 11.5 Å². The number of esters is 1. The van der Waals surface area contributed by atoms with Crippen LogP contribution in [-0.4, -0.2) is 31.7 Å². The fraction of sp³-hybridized carbons (Fsp3) is 0.333. The molecule has 2 aromatic carbocycles. The number of carbonyl (C=O) groups is 2. The first-order valence-corrected chi connectivity index (χ1v) is 8.96. The van der Waals surface area contributed by atoms with Crippen LogP contribution in [0, 0.1) is 5.82 Å². The summed E-state index contributed by atoms with van der Waals surface area (Å²) in [5.41, 5.74) is 0.754. The monoisotopic (exact) mass is 389 g/mol. The molecule has 28 heavy (non-hydrogen) atoms. The van der Waals surface area contributed by atoms with Crippen LogP contribution in [0.4, 0.5) is 4.39 Å². The van der Waals surface area contributed by atoms with Crippen molar-refractivity contribution in [2.24, 2.45) is 0 Å². The molecule has 0 spiro atoms. The van der Waals surface area contributed by atoms with Gasteiger partial charge in [-0.25, -0.2) is 4.39 Å². The molecule has 0 fully saturated rings. The van der Waals surface area contributed by atoms with Crippen molar-refractivity contribution in [2.75, 3.05) is 13.7 Å². The van der Waals surface area contributed by atoms with Crippen LogP contribution in [0.15, 0.2) is 48.5 Å². The Balaban J connectivity index is 1.62. The highest BCUT2D eigenvalue weighted by Gasteiger charge is 2.17. The van der Waals surface area contributed by atoms with E-state index in [1.807, 2.05) is 0 Å². The number of halogens is 1. The number of carbonyl (C=O) groups excluding carboxylic acids is 2. The van der Waals surface area contributed by atoms with Gasteiger partial charge in [-0.3, -0.25) is 9.59 Å². The number of methoxy groups -OCH3 is 1. The molecule has 0 aromatic heterocycles. The molecule has 2 aromatic rings. The van der Waals surface area contributed by atoms with Crippen LogP contribution in [0.3, 0.4) is 0 Å². The van der Waals surface area contributed by atoms with Crippen molar-refractivity contribution in [1.29, 1.82) is 0 Å². The van der Waals surface area contributed by atoms with Crippen LogP contribution in [0.1, 0.15) is 25.3 Å². The first kappa shape index (κ1) is 21.2. The molecule has 0 bridgehead atoms. The number of amides is 1. The lowest BCUT2D eigenvalue weighted by Gasteiger charge is -2.14. The van der Waals surface area contributed by atoms with Gasteiger partial charge in [0, 0.05) is 13.0 Å². The molecule has 1 N–H and O–H groups in total. The molecule has 2 rings (SSSR count). The lowest BCUT2D eigenvalue weighted by molar-refractivity contribution is -0.155. The zero-order valence-electron chi connectivity index (χ0n) is 15.9. The summed E-state index contributed by atoms with van der Waals surface area (Å²) < 4.78 is 28.6. The lowest BCUT2D eigenvalue weighted by Crippen LogP contribution is -2.35. The predicted octanol–water partition coefficient (Wildman–Crippen LogP) is 3.24. The van der Waals surface area contributed by atoms with Crippen LogP contribution >= 0.6 is 0 Å². The molecular formula is C21H24FNO5. The van der Waals surface area contributed by atoms with Crippen LogP contribution in [-0.2, 0) is 20.9 Å². The average Bonchev–Trinajstić information content (AvgIpc) is 2.71. The van der Waals surface area contributed by atoms with Crippen molar-refractivity contribution in [3.63, 3.8) is 0 Å². The van der Waals surface area contributed by atoms with Crippen molar-refractivity contribution in [3.05, 3.63) is 59.9 Å². The largest absolute Gasteiger partial charge is 0.497 e. The molecule has 0 heterocycles. The van der Waals surface area contributed by atoms with E-state index in [0.717, 1.165) is 11.3 Å². The van der Waals surface area contributed by atoms with E-state index in [4.69, 9.17) is 14.2 Å². The van der Waals surface area contributed by atoms with E-state index in [0.29, 0.717) is 18.8 Å². The van der Waals surface area contributed by atoms with Crippen molar-refractivity contribution in [1.82, 2.24) is 5.32 Å². The standard InChI is InChI=1S/C21H24FNO5/c1-15(21(25)23-14-16-5-7-17(22)8-6-16)28-20(24)4-3-13-27-19-11-9-18(26-2)10-12-19/h5-12,15H,3-4,13-14H2,1-2H3,(H,23,25)/t15-/m1/s1. The van der Waals surface area contributed by atoms with E-state index >= 15 is 0 Å². The summed E-state index contributed by atoms with van der Waals surface area (Å²) >= 11 is 0. The molecule has 6 nitrogen and oxygen atoms in total. The summed E-state index contributed by atoms with van der Waals surface area (Å²) in [5.74, 6) is 0.202. The molecule has 0 radical (unpaired) electrons. The molecule has 0 unspecified atom stereocenters. The van der Waals surface area contributed by atoms with E-state index in [2.05, 4.69) is 5.32 Å². The van der Waals surface area contributed by atoms with Gasteiger partial charge < -0.3 is 19.5 Å². The second-order valence-corrected chi connectivity index (χ2v) is 6.10. The predicted molar refractivity (Wildman–Crippen MR) is 102 cm³/mol. The number of rotatable bonds is 10. The van der Waals surface area contributed by atoms with Gasteiger partial charge in [0.2, 0.25) is 0 Å². The fourth-order valence-electron chi connectivity index (χ4n) is 2.32. The van der Waals surface area contributed by atoms with Gasteiger partial charge in [-0.15, -0.1) is 0 Å². The first-order chi connectivity index (χ1) is 13.5. The number of hydrogen-bond acceptors (Lipinski definition) is 5. The van der Waals surface area contributed by atoms with Gasteiger partial charge in [0.15, 0.2) is 6.10 Å².